The lowest BCUT2D eigenvalue weighted by Crippen LogP contribution is -2.25. The summed E-state index contributed by atoms with van der Waals surface area (Å²) < 4.78 is 7.01. The Morgan fingerprint density at radius 2 is 1.92 bits per heavy atom. The summed E-state index contributed by atoms with van der Waals surface area (Å²) in [6.07, 6.45) is 0. The number of ether oxygens (including phenoxy) is 1. The third kappa shape index (κ3) is 4.10. The molecular weight excluding hydrogens is 429 g/mol. The van der Waals surface area contributed by atoms with Gasteiger partial charge >= 0.3 is 5.97 Å². The monoisotopic (exact) mass is 445 g/mol. The minimum atomic E-state index is -0.649. The average molecular weight is 447 g/mol. The number of alkyl halides is 1. The number of benzene rings is 1. The van der Waals surface area contributed by atoms with Gasteiger partial charge in [0.15, 0.2) is 5.43 Å². The largest absolute Gasteiger partial charge is 0.462 e. The highest BCUT2D eigenvalue weighted by atomic mass is 79.9. The number of rotatable bonds is 5. The summed E-state index contributed by atoms with van der Waals surface area (Å²) in [5.41, 5.74) is 1.49. The van der Waals surface area contributed by atoms with Crippen LogP contribution < -0.4 is 5.43 Å². The van der Waals surface area contributed by atoms with Gasteiger partial charge < -0.3 is 9.30 Å². The smallest absolute Gasteiger partial charge is 0.344 e. The third-order valence-electron chi connectivity index (χ3n) is 3.74. The molecule has 0 aliphatic carbocycles. The van der Waals surface area contributed by atoms with Crippen LogP contribution in [0.25, 0.3) is 11.3 Å². The predicted octanol–water partition coefficient (Wildman–Crippen LogP) is 5.47. The van der Waals surface area contributed by atoms with E-state index in [2.05, 4.69) is 15.9 Å². The highest BCUT2D eigenvalue weighted by Gasteiger charge is 2.24. The summed E-state index contributed by atoms with van der Waals surface area (Å²) in [5.74, 6) is -0.649. The Labute approximate surface area is 164 Å². The van der Waals surface area contributed by atoms with E-state index in [1.54, 1.807) is 25.1 Å². The standard InChI is InChI=1S/C18H18BrCl2NO3/c1-4-22-14(10(3)19)9-15(23)16(18(24)25-5-2)17(22)11-6-7-12(20)13(21)8-11/h6-10H,4-5H2,1-3H3. The fraction of sp³-hybridized carbons (Fsp3) is 0.333. The van der Waals surface area contributed by atoms with E-state index in [1.165, 1.54) is 6.07 Å². The zero-order valence-corrected chi connectivity index (χ0v) is 17.2. The fourth-order valence-electron chi connectivity index (χ4n) is 2.68. The number of carbonyl (C=O) groups excluding carboxylic acids is 1. The Balaban J connectivity index is 2.90. The van der Waals surface area contributed by atoms with Gasteiger partial charge in [0.05, 0.1) is 27.2 Å². The van der Waals surface area contributed by atoms with Crippen molar-refractivity contribution in [1.82, 2.24) is 4.57 Å². The zero-order chi connectivity index (χ0) is 18.7. The van der Waals surface area contributed by atoms with Crippen molar-refractivity contribution in [3.63, 3.8) is 0 Å². The second kappa shape index (κ2) is 8.39. The molecule has 0 N–H and O–H groups in total. The van der Waals surface area contributed by atoms with Gasteiger partial charge in [0.25, 0.3) is 0 Å². The number of halogens is 3. The maximum Gasteiger partial charge on any atom is 0.344 e. The number of aromatic nitrogens is 1. The van der Waals surface area contributed by atoms with E-state index in [0.717, 1.165) is 5.69 Å². The summed E-state index contributed by atoms with van der Waals surface area (Å²) in [4.78, 5) is 25.1. The SMILES string of the molecule is CCOC(=O)c1c(-c2ccc(Cl)c(Cl)c2)n(CC)c(C(C)Br)cc1=O. The quantitative estimate of drug-likeness (QED) is 0.451. The third-order valence-corrected chi connectivity index (χ3v) is 4.95. The van der Waals surface area contributed by atoms with E-state index in [1.807, 2.05) is 18.4 Å². The van der Waals surface area contributed by atoms with Crippen molar-refractivity contribution in [2.75, 3.05) is 6.61 Å². The Hall–Kier alpha value is -1.30. The Morgan fingerprint density at radius 1 is 1.24 bits per heavy atom. The molecule has 4 nitrogen and oxygen atoms in total. The average Bonchev–Trinajstić information content (AvgIpc) is 2.56. The molecule has 0 saturated carbocycles. The molecule has 0 spiro atoms. The number of nitrogens with zero attached hydrogens (tertiary/aromatic N) is 1. The molecule has 1 aromatic heterocycles. The topological polar surface area (TPSA) is 48.3 Å². The summed E-state index contributed by atoms with van der Waals surface area (Å²) in [6.45, 7) is 6.31. The highest BCUT2D eigenvalue weighted by molar-refractivity contribution is 9.09. The lowest BCUT2D eigenvalue weighted by Gasteiger charge is -2.21. The van der Waals surface area contributed by atoms with Crippen molar-refractivity contribution in [3.8, 4) is 11.3 Å². The van der Waals surface area contributed by atoms with Crippen molar-refractivity contribution in [1.29, 1.82) is 0 Å². The molecule has 134 valence electrons. The second-order valence-electron chi connectivity index (χ2n) is 5.37. The number of carbonyl (C=O) groups is 1. The first kappa shape index (κ1) is 20.0. The molecule has 0 radical (unpaired) electrons. The van der Waals surface area contributed by atoms with Crippen LogP contribution in [0.4, 0.5) is 0 Å². The molecular formula is C18H18BrCl2NO3. The summed E-state index contributed by atoms with van der Waals surface area (Å²) >= 11 is 15.7. The van der Waals surface area contributed by atoms with Crippen molar-refractivity contribution in [2.24, 2.45) is 0 Å². The van der Waals surface area contributed by atoms with Crippen LogP contribution in [-0.2, 0) is 11.3 Å². The molecule has 0 aliphatic rings. The maximum absolute atomic E-state index is 12.7. The van der Waals surface area contributed by atoms with E-state index < -0.39 is 5.97 Å². The molecule has 0 saturated heterocycles. The van der Waals surface area contributed by atoms with Gasteiger partial charge in [-0.25, -0.2) is 4.79 Å². The zero-order valence-electron chi connectivity index (χ0n) is 14.1. The molecule has 1 unspecified atom stereocenters. The second-order valence-corrected chi connectivity index (χ2v) is 7.55. The Bertz CT molecular complexity index is 862. The van der Waals surface area contributed by atoms with Crippen LogP contribution >= 0.6 is 39.1 Å². The van der Waals surface area contributed by atoms with Crippen molar-refractivity contribution in [2.45, 2.75) is 32.1 Å². The van der Waals surface area contributed by atoms with Crippen molar-refractivity contribution in [3.05, 3.63) is 55.8 Å². The van der Waals surface area contributed by atoms with Crippen molar-refractivity contribution < 1.29 is 9.53 Å². The molecule has 0 amide bonds. The number of hydrogen-bond acceptors (Lipinski definition) is 3. The van der Waals surface area contributed by atoms with E-state index in [9.17, 15) is 9.59 Å². The summed E-state index contributed by atoms with van der Waals surface area (Å²) in [6, 6.07) is 6.50. The minimum absolute atomic E-state index is 0.000936. The molecule has 0 fully saturated rings. The van der Waals surface area contributed by atoms with Crippen LogP contribution in [0, 0.1) is 0 Å². The molecule has 1 atom stereocenters. The number of hydrogen-bond donors (Lipinski definition) is 0. The van der Waals surface area contributed by atoms with Crippen LogP contribution in [0.3, 0.4) is 0 Å². The van der Waals surface area contributed by atoms with Gasteiger partial charge in [-0.15, -0.1) is 0 Å². The van der Waals surface area contributed by atoms with Crippen LogP contribution in [0.5, 0.6) is 0 Å². The molecule has 1 aromatic carbocycles. The van der Waals surface area contributed by atoms with Gasteiger partial charge in [-0.2, -0.15) is 0 Å². The Morgan fingerprint density at radius 3 is 2.44 bits per heavy atom. The first-order valence-electron chi connectivity index (χ1n) is 7.86. The first-order chi connectivity index (χ1) is 11.8. The van der Waals surface area contributed by atoms with Gasteiger partial charge in [0.1, 0.15) is 5.56 Å². The normalized spacial score (nSPS) is 12.1. The molecule has 25 heavy (non-hydrogen) atoms. The van der Waals surface area contributed by atoms with Gasteiger partial charge in [0, 0.05) is 23.9 Å². The molecule has 7 heteroatoms. The predicted molar refractivity (Wildman–Crippen MR) is 105 cm³/mol. The molecule has 1 heterocycles. The molecule has 2 aromatic rings. The Kier molecular flexibility index (Phi) is 6.72. The van der Waals surface area contributed by atoms with Crippen LogP contribution in [-0.4, -0.2) is 17.1 Å². The summed E-state index contributed by atoms with van der Waals surface area (Å²) in [5, 5.41) is 0.750. The minimum Gasteiger partial charge on any atom is -0.462 e. The fourth-order valence-corrected chi connectivity index (χ4v) is 3.36. The molecule has 0 aliphatic heterocycles. The van der Waals surface area contributed by atoms with E-state index in [4.69, 9.17) is 27.9 Å². The first-order valence-corrected chi connectivity index (χ1v) is 9.53. The number of pyridine rings is 1. The summed E-state index contributed by atoms with van der Waals surface area (Å²) in [7, 11) is 0. The lowest BCUT2D eigenvalue weighted by atomic mass is 10.0. The van der Waals surface area contributed by atoms with Crippen LogP contribution in [0.1, 0.15) is 41.7 Å². The van der Waals surface area contributed by atoms with Crippen LogP contribution in [0.2, 0.25) is 10.0 Å². The van der Waals surface area contributed by atoms with Crippen molar-refractivity contribution >= 4 is 45.1 Å². The van der Waals surface area contributed by atoms with Gasteiger partial charge in [-0.1, -0.05) is 45.2 Å². The van der Waals surface area contributed by atoms with Gasteiger partial charge in [0.2, 0.25) is 0 Å². The molecule has 2 rings (SSSR count). The molecule has 0 bridgehead atoms. The van der Waals surface area contributed by atoms with E-state index >= 15 is 0 Å². The van der Waals surface area contributed by atoms with E-state index in [0.29, 0.717) is 27.8 Å². The maximum atomic E-state index is 12.7. The van der Waals surface area contributed by atoms with Gasteiger partial charge in [-0.05, 0) is 32.9 Å². The lowest BCUT2D eigenvalue weighted by molar-refractivity contribution is 0.0525. The number of esters is 1. The van der Waals surface area contributed by atoms with E-state index in [-0.39, 0.29) is 22.4 Å². The highest BCUT2D eigenvalue weighted by Crippen LogP contribution is 2.33. The van der Waals surface area contributed by atoms with Gasteiger partial charge in [-0.3, -0.25) is 4.79 Å². The van der Waals surface area contributed by atoms with Crippen LogP contribution in [0.15, 0.2) is 29.1 Å².